The van der Waals surface area contributed by atoms with Gasteiger partial charge in [-0.15, -0.1) is 0 Å². The van der Waals surface area contributed by atoms with Crippen molar-refractivity contribution >= 4 is 0 Å². The maximum Gasteiger partial charge on any atom is 0.0725 e. The Hall–Kier alpha value is -0.810. The molecule has 2 heteroatoms. The van der Waals surface area contributed by atoms with Crippen LogP contribution in [0.5, 0.6) is 0 Å². The third-order valence-corrected chi connectivity index (χ3v) is 11.4. The van der Waals surface area contributed by atoms with Crippen LogP contribution in [0.1, 0.15) is 111 Å². The van der Waals surface area contributed by atoms with Gasteiger partial charge in [0.25, 0.3) is 0 Å². The number of nitriles is 1. The van der Waals surface area contributed by atoms with Crippen LogP contribution in [0.25, 0.3) is 0 Å². The quantitative estimate of drug-likeness (QED) is 0.448. The van der Waals surface area contributed by atoms with Gasteiger partial charge in [0, 0.05) is 0 Å². The number of hydrogen-bond acceptors (Lipinski definition) is 2. The van der Waals surface area contributed by atoms with Crippen molar-refractivity contribution in [2.75, 3.05) is 0 Å². The second-order valence-electron chi connectivity index (χ2n) is 13.5. The molecule has 0 spiro atoms. The van der Waals surface area contributed by atoms with Crippen molar-refractivity contribution in [3.05, 3.63) is 11.1 Å². The minimum atomic E-state index is -0.448. The number of aliphatic hydroxyl groups excluding tert-OH is 1. The lowest BCUT2D eigenvalue weighted by atomic mass is 9.43. The zero-order chi connectivity index (χ0) is 22.7. The summed E-state index contributed by atoms with van der Waals surface area (Å²) in [6.45, 7) is 9.61. The summed E-state index contributed by atoms with van der Waals surface area (Å²) in [5.74, 6) is 4.39. The van der Waals surface area contributed by atoms with Gasteiger partial charge < -0.3 is 5.11 Å². The molecule has 32 heavy (non-hydrogen) atoms. The summed E-state index contributed by atoms with van der Waals surface area (Å²) >= 11 is 0. The van der Waals surface area contributed by atoms with Crippen molar-refractivity contribution in [3.63, 3.8) is 0 Å². The summed E-state index contributed by atoms with van der Waals surface area (Å²) in [6.07, 6.45) is 16.6. The smallest absolute Gasteiger partial charge is 0.0725 e. The molecule has 0 radical (unpaired) electrons. The first-order valence-electron chi connectivity index (χ1n) is 14.1. The minimum Gasteiger partial charge on any atom is -0.392 e. The van der Waals surface area contributed by atoms with E-state index >= 15 is 0 Å². The SMILES string of the molecule is CC(C)CC(C#N)C(O)CC1CCC2C3CC(=C4CC4)C4CCCCC4(C)C3CCC12C. The van der Waals surface area contributed by atoms with Crippen LogP contribution in [0.4, 0.5) is 0 Å². The van der Waals surface area contributed by atoms with E-state index in [2.05, 4.69) is 33.8 Å². The average Bonchev–Trinajstić information content (AvgIpc) is 3.54. The van der Waals surface area contributed by atoms with E-state index in [0.29, 0.717) is 22.7 Å². The van der Waals surface area contributed by atoms with Crippen LogP contribution in [-0.2, 0) is 0 Å². The maximum atomic E-state index is 11.0. The topological polar surface area (TPSA) is 44.0 Å². The van der Waals surface area contributed by atoms with E-state index in [4.69, 9.17) is 0 Å². The van der Waals surface area contributed by atoms with Crippen molar-refractivity contribution in [1.82, 2.24) is 0 Å². The van der Waals surface area contributed by atoms with Gasteiger partial charge in [0.05, 0.1) is 18.1 Å². The normalized spacial score (nSPS) is 45.0. The Morgan fingerprint density at radius 3 is 2.44 bits per heavy atom. The van der Waals surface area contributed by atoms with Crippen LogP contribution >= 0.6 is 0 Å². The second-order valence-corrected chi connectivity index (χ2v) is 13.5. The summed E-state index contributed by atoms with van der Waals surface area (Å²) in [4.78, 5) is 0. The number of hydrogen-bond donors (Lipinski definition) is 1. The van der Waals surface area contributed by atoms with Crippen molar-refractivity contribution in [2.45, 2.75) is 117 Å². The molecule has 5 fully saturated rings. The van der Waals surface area contributed by atoms with E-state index in [9.17, 15) is 10.4 Å². The molecule has 178 valence electrons. The fraction of sp³-hybridized carbons (Fsp3) is 0.900. The standard InChI is InChI=1S/C30H47NO/c1-19(2)15-21(18-31)28(32)16-22-10-11-26-24-17-23(20-8-9-20)25-7-5-6-13-30(25,4)27(24)12-14-29(22,26)3/h19,21-22,24-28,32H,5-17H2,1-4H3. The first-order valence-corrected chi connectivity index (χ1v) is 14.1. The molecular weight excluding hydrogens is 390 g/mol. The monoisotopic (exact) mass is 437 g/mol. The van der Waals surface area contributed by atoms with E-state index in [0.717, 1.165) is 36.5 Å². The molecule has 0 aromatic carbocycles. The molecule has 0 heterocycles. The van der Waals surface area contributed by atoms with Gasteiger partial charge in [0.2, 0.25) is 0 Å². The third-order valence-electron chi connectivity index (χ3n) is 11.4. The van der Waals surface area contributed by atoms with Crippen LogP contribution < -0.4 is 0 Å². The summed E-state index contributed by atoms with van der Waals surface area (Å²) in [5.41, 5.74) is 4.71. The van der Waals surface area contributed by atoms with Gasteiger partial charge >= 0.3 is 0 Å². The lowest BCUT2D eigenvalue weighted by molar-refractivity contribution is -0.0934. The van der Waals surface area contributed by atoms with Gasteiger partial charge in [0.1, 0.15) is 0 Å². The Morgan fingerprint density at radius 2 is 1.75 bits per heavy atom. The van der Waals surface area contributed by atoms with E-state index in [1.54, 1.807) is 0 Å². The first-order chi connectivity index (χ1) is 15.3. The van der Waals surface area contributed by atoms with E-state index in [1.807, 2.05) is 11.1 Å². The molecule has 0 aliphatic heterocycles. The second kappa shape index (κ2) is 8.45. The highest BCUT2D eigenvalue weighted by Crippen LogP contribution is 2.69. The third kappa shape index (κ3) is 3.70. The highest BCUT2D eigenvalue weighted by Gasteiger charge is 2.61. The van der Waals surface area contributed by atoms with Gasteiger partial charge in [-0.25, -0.2) is 0 Å². The Kier molecular flexibility index (Phi) is 6.06. The number of rotatable bonds is 5. The van der Waals surface area contributed by atoms with Crippen LogP contribution in [0.3, 0.4) is 0 Å². The van der Waals surface area contributed by atoms with Crippen molar-refractivity contribution in [2.24, 2.45) is 52.3 Å². The lowest BCUT2D eigenvalue weighted by Gasteiger charge is -2.61. The zero-order valence-electron chi connectivity index (χ0n) is 21.2. The fourth-order valence-electron chi connectivity index (χ4n) is 9.69. The van der Waals surface area contributed by atoms with Crippen molar-refractivity contribution < 1.29 is 5.11 Å². The lowest BCUT2D eigenvalue weighted by Crippen LogP contribution is -2.53. The zero-order valence-corrected chi connectivity index (χ0v) is 21.2. The Balaban J connectivity index is 1.37. The van der Waals surface area contributed by atoms with E-state index in [-0.39, 0.29) is 5.92 Å². The molecule has 0 aromatic rings. The molecule has 9 atom stereocenters. The van der Waals surface area contributed by atoms with Gasteiger partial charge in [0.15, 0.2) is 0 Å². The minimum absolute atomic E-state index is 0.197. The van der Waals surface area contributed by atoms with Crippen molar-refractivity contribution in [3.8, 4) is 6.07 Å². The average molecular weight is 438 g/mol. The molecule has 9 unspecified atom stereocenters. The molecular formula is C30H47NO. The van der Waals surface area contributed by atoms with E-state index < -0.39 is 6.10 Å². The molecule has 5 saturated carbocycles. The molecule has 0 aromatic heterocycles. The number of aliphatic hydroxyl groups is 1. The van der Waals surface area contributed by atoms with Gasteiger partial charge in [-0.2, -0.15) is 5.26 Å². The molecule has 2 nitrogen and oxygen atoms in total. The summed E-state index contributed by atoms with van der Waals surface area (Å²) < 4.78 is 0. The fourth-order valence-corrected chi connectivity index (χ4v) is 9.69. The predicted molar refractivity (Wildman–Crippen MR) is 131 cm³/mol. The van der Waals surface area contributed by atoms with Gasteiger partial charge in [-0.1, -0.05) is 51.7 Å². The maximum absolute atomic E-state index is 11.0. The molecule has 1 N–H and O–H groups in total. The highest BCUT2D eigenvalue weighted by atomic mass is 16.3. The number of nitrogens with zero attached hydrogens (tertiary/aromatic N) is 1. The largest absolute Gasteiger partial charge is 0.392 e. The van der Waals surface area contributed by atoms with Crippen LogP contribution in [0.2, 0.25) is 0 Å². The molecule has 5 aliphatic carbocycles. The van der Waals surface area contributed by atoms with Gasteiger partial charge in [-0.3, -0.25) is 0 Å². The molecule has 5 aliphatic rings. The summed E-state index contributed by atoms with van der Waals surface area (Å²) in [5, 5.41) is 20.7. The Bertz CT molecular complexity index is 785. The van der Waals surface area contributed by atoms with E-state index in [1.165, 1.54) is 70.6 Å². The van der Waals surface area contributed by atoms with Crippen LogP contribution in [0, 0.1) is 63.6 Å². The van der Waals surface area contributed by atoms with Crippen molar-refractivity contribution in [1.29, 1.82) is 5.26 Å². The van der Waals surface area contributed by atoms with Crippen LogP contribution in [0.15, 0.2) is 11.1 Å². The molecule has 0 saturated heterocycles. The number of allylic oxidation sites excluding steroid dienone is 2. The summed E-state index contributed by atoms with van der Waals surface area (Å²) in [6, 6.07) is 2.44. The van der Waals surface area contributed by atoms with Crippen LogP contribution in [-0.4, -0.2) is 11.2 Å². The highest BCUT2D eigenvalue weighted by molar-refractivity contribution is 5.32. The Labute approximate surface area is 197 Å². The number of fused-ring (bicyclic) bond motifs is 5. The van der Waals surface area contributed by atoms with Gasteiger partial charge in [-0.05, 0) is 117 Å². The summed E-state index contributed by atoms with van der Waals surface area (Å²) in [7, 11) is 0. The molecule has 5 rings (SSSR count). The first kappa shape index (κ1) is 23.0. The molecule has 0 bridgehead atoms. The predicted octanol–water partition coefficient (Wildman–Crippen LogP) is 7.67. The molecule has 0 amide bonds. The Morgan fingerprint density at radius 1 is 1.00 bits per heavy atom.